The van der Waals surface area contributed by atoms with E-state index in [2.05, 4.69) is 0 Å². The lowest BCUT2D eigenvalue weighted by Crippen LogP contribution is -2.02. The second-order valence-corrected chi connectivity index (χ2v) is 5.07. The van der Waals surface area contributed by atoms with E-state index >= 15 is 0 Å². The minimum Gasteiger partial charge on any atom is -0.494 e. The third kappa shape index (κ3) is 3.23. The topological polar surface area (TPSA) is 68.5 Å². The lowest BCUT2D eigenvalue weighted by Gasteiger charge is -2.04. The molecule has 0 atom stereocenters. The van der Waals surface area contributed by atoms with Gasteiger partial charge in [0.2, 0.25) is 12.6 Å². The van der Waals surface area contributed by atoms with Crippen molar-refractivity contribution >= 4 is 11.9 Å². The van der Waals surface area contributed by atoms with Crippen LogP contribution in [-0.4, -0.2) is 19.2 Å². The maximum Gasteiger partial charge on any atom is 0.231 e. The van der Waals surface area contributed by atoms with E-state index in [1.165, 1.54) is 0 Å². The highest BCUT2D eigenvalue weighted by atomic mass is 16.7. The molecule has 5 heteroatoms. The quantitative estimate of drug-likeness (QED) is 0.478. The summed E-state index contributed by atoms with van der Waals surface area (Å²) < 4.78 is 15.9. The first-order chi connectivity index (χ1) is 11.7. The van der Waals surface area contributed by atoms with Crippen LogP contribution in [0.5, 0.6) is 17.2 Å². The smallest absolute Gasteiger partial charge is 0.231 e. The molecule has 2 aromatic carbocycles. The Morgan fingerprint density at radius 2 is 1.96 bits per heavy atom. The number of ether oxygens (including phenoxy) is 3. The van der Waals surface area contributed by atoms with Crippen molar-refractivity contribution in [1.82, 2.24) is 0 Å². The van der Waals surface area contributed by atoms with Crippen LogP contribution >= 0.6 is 0 Å². The minimum atomic E-state index is -0.357. The number of hydrogen-bond acceptors (Lipinski definition) is 5. The second-order valence-electron chi connectivity index (χ2n) is 5.07. The first-order valence-corrected chi connectivity index (χ1v) is 7.50. The molecular weight excluding hydrogens is 306 g/mol. The molecule has 0 saturated carbocycles. The number of nitrogens with zero attached hydrogens (tertiary/aromatic N) is 1. The number of carbonyl (C=O) groups excluding carboxylic acids is 1. The zero-order valence-electron chi connectivity index (χ0n) is 13.1. The number of benzene rings is 2. The largest absolute Gasteiger partial charge is 0.494 e. The Morgan fingerprint density at radius 1 is 1.21 bits per heavy atom. The van der Waals surface area contributed by atoms with Gasteiger partial charge in [0.15, 0.2) is 11.5 Å². The summed E-state index contributed by atoms with van der Waals surface area (Å²) >= 11 is 0. The Labute approximate surface area is 139 Å². The highest BCUT2D eigenvalue weighted by Gasteiger charge is 2.18. The number of nitriles is 1. The summed E-state index contributed by atoms with van der Waals surface area (Å²) in [5, 5.41) is 9.33. The second kappa shape index (κ2) is 6.88. The van der Waals surface area contributed by atoms with Crippen LogP contribution in [0.25, 0.3) is 6.08 Å². The molecule has 0 saturated heterocycles. The number of carbonyl (C=O) groups is 1. The molecule has 24 heavy (non-hydrogen) atoms. The summed E-state index contributed by atoms with van der Waals surface area (Å²) in [6.07, 6.45) is 1.56. The number of rotatable bonds is 5. The molecule has 2 aromatic rings. The van der Waals surface area contributed by atoms with Crippen molar-refractivity contribution in [2.75, 3.05) is 13.4 Å². The van der Waals surface area contributed by atoms with Gasteiger partial charge in [0.05, 0.1) is 6.61 Å². The van der Waals surface area contributed by atoms with Crippen LogP contribution < -0.4 is 14.2 Å². The van der Waals surface area contributed by atoms with Gasteiger partial charge in [0.25, 0.3) is 0 Å². The Morgan fingerprint density at radius 3 is 2.67 bits per heavy atom. The molecule has 0 spiro atoms. The van der Waals surface area contributed by atoms with Gasteiger partial charge in [-0.1, -0.05) is 12.1 Å². The Hall–Kier alpha value is -3.26. The summed E-state index contributed by atoms with van der Waals surface area (Å²) in [6, 6.07) is 14.1. The molecule has 5 nitrogen and oxygen atoms in total. The van der Waals surface area contributed by atoms with Crippen molar-refractivity contribution in [3.63, 3.8) is 0 Å². The molecule has 1 aliphatic heterocycles. The summed E-state index contributed by atoms with van der Waals surface area (Å²) in [4.78, 5) is 12.5. The fourth-order valence-electron chi connectivity index (χ4n) is 2.34. The van der Waals surface area contributed by atoms with Crippen LogP contribution in [0.1, 0.15) is 22.8 Å². The highest BCUT2D eigenvalue weighted by molar-refractivity contribution is 6.14. The molecule has 0 aromatic heterocycles. The standard InChI is InChI=1S/C19H15NO4/c1-2-22-16-6-3-13(4-7-16)9-15(11-20)19(21)14-5-8-17-18(10-14)24-12-23-17/h3-10H,2,12H2,1H3. The van der Waals surface area contributed by atoms with Crippen LogP contribution in [0.3, 0.4) is 0 Å². The van der Waals surface area contributed by atoms with Gasteiger partial charge in [-0.2, -0.15) is 5.26 Å². The van der Waals surface area contributed by atoms with Crippen molar-refractivity contribution in [2.45, 2.75) is 6.92 Å². The number of allylic oxidation sites excluding steroid dienone is 1. The first-order valence-electron chi connectivity index (χ1n) is 7.50. The minimum absolute atomic E-state index is 0.0537. The molecule has 0 radical (unpaired) electrons. The highest BCUT2D eigenvalue weighted by Crippen LogP contribution is 2.33. The Balaban J connectivity index is 1.85. The van der Waals surface area contributed by atoms with E-state index < -0.39 is 0 Å². The molecule has 120 valence electrons. The van der Waals surface area contributed by atoms with Crippen LogP contribution in [0.15, 0.2) is 48.0 Å². The zero-order chi connectivity index (χ0) is 16.9. The molecule has 0 fully saturated rings. The molecule has 0 bridgehead atoms. The normalized spacial score (nSPS) is 12.6. The molecule has 0 aliphatic carbocycles. The summed E-state index contributed by atoms with van der Waals surface area (Å²) in [5.41, 5.74) is 1.19. The van der Waals surface area contributed by atoms with Crippen molar-refractivity contribution in [1.29, 1.82) is 5.26 Å². The van der Waals surface area contributed by atoms with Gasteiger partial charge in [-0.3, -0.25) is 4.79 Å². The van der Waals surface area contributed by atoms with Gasteiger partial charge in [0.1, 0.15) is 17.4 Å². The fraction of sp³-hybridized carbons (Fsp3) is 0.158. The van der Waals surface area contributed by atoms with Gasteiger partial charge < -0.3 is 14.2 Å². The van der Waals surface area contributed by atoms with Gasteiger partial charge in [-0.25, -0.2) is 0 Å². The molecule has 3 rings (SSSR count). The van der Waals surface area contributed by atoms with E-state index in [0.29, 0.717) is 23.7 Å². The van der Waals surface area contributed by atoms with E-state index in [9.17, 15) is 10.1 Å². The van der Waals surface area contributed by atoms with Gasteiger partial charge in [-0.05, 0) is 48.9 Å². The molecular formula is C19H15NO4. The Bertz CT molecular complexity index is 831. The van der Waals surface area contributed by atoms with Crippen LogP contribution in [-0.2, 0) is 0 Å². The molecule has 1 heterocycles. The maximum absolute atomic E-state index is 12.5. The third-order valence-electron chi connectivity index (χ3n) is 3.50. The summed E-state index contributed by atoms with van der Waals surface area (Å²) in [6.45, 7) is 2.63. The molecule has 0 unspecified atom stereocenters. The average molecular weight is 321 g/mol. The van der Waals surface area contributed by atoms with Gasteiger partial charge >= 0.3 is 0 Å². The number of hydrogen-bond donors (Lipinski definition) is 0. The van der Waals surface area contributed by atoms with Gasteiger partial charge in [-0.15, -0.1) is 0 Å². The lowest BCUT2D eigenvalue weighted by atomic mass is 10.0. The van der Waals surface area contributed by atoms with Crippen molar-refractivity contribution < 1.29 is 19.0 Å². The number of ketones is 1. The Kier molecular flexibility index (Phi) is 4.48. The first kappa shape index (κ1) is 15.6. The average Bonchev–Trinajstić information content (AvgIpc) is 3.08. The maximum atomic E-state index is 12.5. The number of Topliss-reactive ketones (excluding diaryl/α,β-unsaturated/α-hetero) is 1. The van der Waals surface area contributed by atoms with Crippen LogP contribution in [0.4, 0.5) is 0 Å². The van der Waals surface area contributed by atoms with E-state index in [1.807, 2.05) is 13.0 Å². The van der Waals surface area contributed by atoms with E-state index in [4.69, 9.17) is 14.2 Å². The summed E-state index contributed by atoms with van der Waals surface area (Å²) in [5.74, 6) is 1.50. The molecule has 1 aliphatic rings. The lowest BCUT2D eigenvalue weighted by molar-refractivity contribution is 0.103. The monoisotopic (exact) mass is 321 g/mol. The van der Waals surface area contributed by atoms with Crippen LogP contribution in [0.2, 0.25) is 0 Å². The number of fused-ring (bicyclic) bond motifs is 1. The predicted octanol–water partition coefficient (Wildman–Crippen LogP) is 3.60. The molecule has 0 amide bonds. The van der Waals surface area contributed by atoms with E-state index in [0.717, 1.165) is 11.3 Å². The SMILES string of the molecule is CCOc1ccc(C=C(C#N)C(=O)c2ccc3c(c2)OCO3)cc1. The third-order valence-corrected chi connectivity index (χ3v) is 3.50. The van der Waals surface area contributed by atoms with E-state index in [1.54, 1.807) is 48.5 Å². The van der Waals surface area contributed by atoms with Crippen molar-refractivity contribution in [2.24, 2.45) is 0 Å². The van der Waals surface area contributed by atoms with E-state index in [-0.39, 0.29) is 18.1 Å². The van der Waals surface area contributed by atoms with Crippen LogP contribution in [0, 0.1) is 11.3 Å². The van der Waals surface area contributed by atoms with Crippen molar-refractivity contribution in [3.05, 3.63) is 59.2 Å². The zero-order valence-corrected chi connectivity index (χ0v) is 13.1. The van der Waals surface area contributed by atoms with Crippen molar-refractivity contribution in [3.8, 4) is 23.3 Å². The van der Waals surface area contributed by atoms with Gasteiger partial charge in [0, 0.05) is 5.56 Å². The fourth-order valence-corrected chi connectivity index (χ4v) is 2.34. The predicted molar refractivity (Wildman–Crippen MR) is 88.1 cm³/mol. The summed E-state index contributed by atoms with van der Waals surface area (Å²) in [7, 11) is 0. The molecule has 0 N–H and O–H groups in total.